The predicted octanol–water partition coefficient (Wildman–Crippen LogP) is 0.209. The van der Waals surface area contributed by atoms with Gasteiger partial charge in [0.2, 0.25) is 10.0 Å². The molecule has 0 amide bonds. The zero-order valence-electron chi connectivity index (χ0n) is 8.49. The van der Waals surface area contributed by atoms with Crippen molar-refractivity contribution in [2.45, 2.75) is 49.9 Å². The quantitative estimate of drug-likeness (QED) is 0.670. The van der Waals surface area contributed by atoms with Gasteiger partial charge in [0.05, 0.1) is 5.25 Å². The summed E-state index contributed by atoms with van der Waals surface area (Å²) < 4.78 is 26.0. The Balaban J connectivity index is 1.77. The molecule has 4 nitrogen and oxygen atoms in total. The van der Waals surface area contributed by atoms with Crippen molar-refractivity contribution in [3.05, 3.63) is 0 Å². The Morgan fingerprint density at radius 1 is 1.21 bits per heavy atom. The standard InChI is InChI=1S/C9H18N2O2S/c1-7(6-10-8-2-3-8)14(12,13)11-9-4-5-9/h7-11H,2-6H2,1H3. The Labute approximate surface area is 85.5 Å². The summed E-state index contributed by atoms with van der Waals surface area (Å²) in [6, 6.07) is 0.803. The molecule has 0 heterocycles. The first kappa shape index (κ1) is 10.4. The summed E-state index contributed by atoms with van der Waals surface area (Å²) in [5.41, 5.74) is 0. The van der Waals surface area contributed by atoms with Crippen molar-refractivity contribution in [2.75, 3.05) is 6.54 Å². The molecule has 1 atom stereocenters. The third-order valence-electron chi connectivity index (χ3n) is 2.71. The van der Waals surface area contributed by atoms with Crippen LogP contribution in [-0.2, 0) is 10.0 Å². The van der Waals surface area contributed by atoms with Crippen molar-refractivity contribution in [1.82, 2.24) is 10.0 Å². The second kappa shape index (κ2) is 3.79. The van der Waals surface area contributed by atoms with E-state index in [0.717, 1.165) is 12.8 Å². The molecule has 0 bridgehead atoms. The van der Waals surface area contributed by atoms with Gasteiger partial charge < -0.3 is 5.32 Å². The summed E-state index contributed by atoms with van der Waals surface area (Å²) in [5, 5.41) is 2.92. The van der Waals surface area contributed by atoms with Crippen LogP contribution in [0.1, 0.15) is 32.6 Å². The van der Waals surface area contributed by atoms with E-state index in [1.54, 1.807) is 6.92 Å². The van der Waals surface area contributed by atoms with Crippen molar-refractivity contribution in [3.63, 3.8) is 0 Å². The fourth-order valence-corrected chi connectivity index (χ4v) is 2.53. The van der Waals surface area contributed by atoms with Crippen LogP contribution in [0.5, 0.6) is 0 Å². The average Bonchev–Trinajstić information content (AvgIpc) is 2.93. The van der Waals surface area contributed by atoms with E-state index in [4.69, 9.17) is 0 Å². The van der Waals surface area contributed by atoms with Crippen LogP contribution >= 0.6 is 0 Å². The number of hydrogen-bond acceptors (Lipinski definition) is 3. The second-order valence-electron chi connectivity index (χ2n) is 4.43. The third kappa shape index (κ3) is 2.93. The minimum atomic E-state index is -3.08. The van der Waals surface area contributed by atoms with Crippen molar-refractivity contribution in [1.29, 1.82) is 0 Å². The van der Waals surface area contributed by atoms with Gasteiger partial charge in [0.15, 0.2) is 0 Å². The molecule has 0 spiro atoms. The Kier molecular flexibility index (Phi) is 2.81. The van der Waals surface area contributed by atoms with E-state index in [-0.39, 0.29) is 11.3 Å². The number of rotatable bonds is 6. The third-order valence-corrected chi connectivity index (χ3v) is 4.60. The highest BCUT2D eigenvalue weighted by molar-refractivity contribution is 7.90. The van der Waals surface area contributed by atoms with Crippen molar-refractivity contribution < 1.29 is 8.42 Å². The molecule has 82 valence electrons. The molecule has 2 saturated carbocycles. The minimum absolute atomic E-state index is 0.225. The van der Waals surface area contributed by atoms with Crippen LogP contribution in [0.3, 0.4) is 0 Å². The van der Waals surface area contributed by atoms with Gasteiger partial charge in [-0.2, -0.15) is 0 Å². The molecular weight excluding hydrogens is 200 g/mol. The van der Waals surface area contributed by atoms with Crippen molar-refractivity contribution in [2.24, 2.45) is 0 Å². The lowest BCUT2D eigenvalue weighted by atomic mass is 10.4. The van der Waals surface area contributed by atoms with Crippen molar-refractivity contribution in [3.8, 4) is 0 Å². The molecule has 2 aliphatic carbocycles. The van der Waals surface area contributed by atoms with Gasteiger partial charge >= 0.3 is 0 Å². The number of nitrogens with one attached hydrogen (secondary N) is 2. The topological polar surface area (TPSA) is 58.2 Å². The smallest absolute Gasteiger partial charge is 0.215 e. The lowest BCUT2D eigenvalue weighted by Gasteiger charge is -2.13. The average molecular weight is 218 g/mol. The van der Waals surface area contributed by atoms with Crippen LogP contribution in [0.4, 0.5) is 0 Å². The lowest BCUT2D eigenvalue weighted by molar-refractivity contribution is 0.556. The van der Waals surface area contributed by atoms with Crippen molar-refractivity contribution >= 4 is 10.0 Å². The van der Waals surface area contributed by atoms with Crippen LogP contribution in [0.2, 0.25) is 0 Å². The molecule has 0 aromatic rings. The van der Waals surface area contributed by atoms with E-state index in [1.165, 1.54) is 12.8 Å². The van der Waals surface area contributed by atoms with Gasteiger partial charge in [0.25, 0.3) is 0 Å². The summed E-state index contributed by atoms with van der Waals surface area (Å²) in [6.07, 6.45) is 4.40. The Morgan fingerprint density at radius 3 is 2.29 bits per heavy atom. The molecular formula is C9H18N2O2S. The van der Waals surface area contributed by atoms with Crippen LogP contribution in [-0.4, -0.2) is 32.3 Å². The van der Waals surface area contributed by atoms with Gasteiger partial charge in [0, 0.05) is 18.6 Å². The lowest BCUT2D eigenvalue weighted by Crippen LogP contribution is -2.40. The maximum atomic E-state index is 11.7. The summed E-state index contributed by atoms with van der Waals surface area (Å²) >= 11 is 0. The van der Waals surface area contributed by atoms with E-state index in [9.17, 15) is 8.42 Å². The monoisotopic (exact) mass is 218 g/mol. The van der Waals surface area contributed by atoms with Gasteiger partial charge in [-0.05, 0) is 32.6 Å². The molecule has 0 saturated heterocycles. The van der Waals surface area contributed by atoms with Crippen LogP contribution in [0.25, 0.3) is 0 Å². The highest BCUT2D eigenvalue weighted by Gasteiger charge is 2.31. The molecule has 5 heteroatoms. The molecule has 2 N–H and O–H groups in total. The fraction of sp³-hybridized carbons (Fsp3) is 1.00. The Bertz CT molecular complexity index is 294. The van der Waals surface area contributed by atoms with Crippen LogP contribution < -0.4 is 10.0 Å². The van der Waals surface area contributed by atoms with E-state index in [2.05, 4.69) is 10.0 Å². The maximum absolute atomic E-state index is 11.7. The van der Waals surface area contributed by atoms with Crippen LogP contribution in [0.15, 0.2) is 0 Å². The summed E-state index contributed by atoms with van der Waals surface area (Å²) in [6.45, 7) is 2.34. The van der Waals surface area contributed by atoms with Gasteiger partial charge in [0.1, 0.15) is 0 Å². The summed E-state index contributed by atoms with van der Waals surface area (Å²) in [5.74, 6) is 0. The summed E-state index contributed by atoms with van der Waals surface area (Å²) in [4.78, 5) is 0. The first-order valence-electron chi connectivity index (χ1n) is 5.32. The largest absolute Gasteiger partial charge is 0.313 e. The van der Waals surface area contributed by atoms with E-state index < -0.39 is 10.0 Å². The second-order valence-corrected chi connectivity index (χ2v) is 6.56. The minimum Gasteiger partial charge on any atom is -0.313 e. The molecule has 0 aromatic carbocycles. The molecule has 2 rings (SSSR count). The normalized spacial score (nSPS) is 24.9. The Hall–Kier alpha value is -0.130. The van der Waals surface area contributed by atoms with Crippen LogP contribution in [0, 0.1) is 0 Å². The van der Waals surface area contributed by atoms with E-state index >= 15 is 0 Å². The first-order valence-corrected chi connectivity index (χ1v) is 6.87. The molecule has 14 heavy (non-hydrogen) atoms. The molecule has 0 radical (unpaired) electrons. The fourth-order valence-electron chi connectivity index (χ4n) is 1.28. The molecule has 2 fully saturated rings. The Morgan fingerprint density at radius 2 is 1.79 bits per heavy atom. The maximum Gasteiger partial charge on any atom is 0.215 e. The molecule has 2 aliphatic rings. The van der Waals surface area contributed by atoms with E-state index in [0.29, 0.717) is 12.6 Å². The van der Waals surface area contributed by atoms with Gasteiger partial charge in [-0.3, -0.25) is 0 Å². The SMILES string of the molecule is CC(CNC1CC1)S(=O)(=O)NC1CC1. The van der Waals surface area contributed by atoms with E-state index in [1.807, 2.05) is 0 Å². The van der Waals surface area contributed by atoms with Gasteiger partial charge in [-0.1, -0.05) is 0 Å². The number of hydrogen-bond donors (Lipinski definition) is 2. The first-order chi connectivity index (χ1) is 6.58. The molecule has 0 aromatic heterocycles. The predicted molar refractivity (Wildman–Crippen MR) is 55.6 cm³/mol. The zero-order chi connectivity index (χ0) is 10.2. The summed E-state index contributed by atoms with van der Waals surface area (Å²) in [7, 11) is -3.08. The highest BCUT2D eigenvalue weighted by Crippen LogP contribution is 2.21. The van der Waals surface area contributed by atoms with Gasteiger partial charge in [-0.15, -0.1) is 0 Å². The molecule has 0 aliphatic heterocycles. The van der Waals surface area contributed by atoms with Gasteiger partial charge in [-0.25, -0.2) is 13.1 Å². The highest BCUT2D eigenvalue weighted by atomic mass is 32.2. The number of sulfonamides is 1. The zero-order valence-corrected chi connectivity index (χ0v) is 9.31. The molecule has 1 unspecified atom stereocenters.